The van der Waals surface area contributed by atoms with Crippen LogP contribution in [0.5, 0.6) is 11.5 Å². The number of anilines is 2. The van der Waals surface area contributed by atoms with Crippen molar-refractivity contribution in [1.29, 1.82) is 0 Å². The van der Waals surface area contributed by atoms with Gasteiger partial charge in [-0.2, -0.15) is 10.6 Å². The van der Waals surface area contributed by atoms with Gasteiger partial charge in [-0.05, 0) is 36.2 Å². The maximum absolute atomic E-state index is 14.4. The zero-order valence-electron chi connectivity index (χ0n) is 20.2. The molecule has 1 aromatic heterocycles. The van der Waals surface area contributed by atoms with Crippen molar-refractivity contribution in [3.05, 3.63) is 59.0 Å². The molecule has 5 rings (SSSR count). The molecule has 190 valence electrons. The van der Waals surface area contributed by atoms with Crippen LogP contribution in [-0.2, 0) is 22.7 Å². The Morgan fingerprint density at radius 1 is 1.17 bits per heavy atom. The van der Waals surface area contributed by atoms with Crippen LogP contribution in [0.1, 0.15) is 16.8 Å². The molecule has 1 amide bonds. The van der Waals surface area contributed by atoms with Crippen molar-refractivity contribution in [2.45, 2.75) is 17.9 Å². The molecule has 3 aromatic rings. The Balaban J connectivity index is 1.55. The van der Waals surface area contributed by atoms with E-state index in [1.54, 1.807) is 20.2 Å². The number of methoxy groups -OCH3 is 1. The van der Waals surface area contributed by atoms with Crippen LogP contribution >= 0.6 is 10.6 Å². The maximum Gasteiger partial charge on any atom is 0.259 e. The van der Waals surface area contributed by atoms with Crippen LogP contribution in [0.4, 0.5) is 15.9 Å². The molecule has 2 aliphatic heterocycles. The van der Waals surface area contributed by atoms with Gasteiger partial charge < -0.3 is 19.3 Å². The lowest BCUT2D eigenvalue weighted by Gasteiger charge is -2.26. The van der Waals surface area contributed by atoms with E-state index in [4.69, 9.17) is 14.5 Å². The fourth-order valence-corrected chi connectivity index (χ4v) is 5.92. The second-order valence-corrected chi connectivity index (χ2v) is 11.2. The number of likely N-dealkylation sites (N-methyl/N-ethyl adjacent to an activating group) is 1. The molecule has 2 aromatic carbocycles. The highest BCUT2D eigenvalue weighted by molar-refractivity contribution is 8.23. The van der Waals surface area contributed by atoms with E-state index < -0.39 is 16.4 Å². The number of ether oxygens (including phenoxy) is 2. The summed E-state index contributed by atoms with van der Waals surface area (Å²) in [4.78, 5) is 24.8. The predicted octanol–water partition coefficient (Wildman–Crippen LogP) is 4.22. The minimum Gasteiger partial charge on any atom is -0.494 e. The van der Waals surface area contributed by atoms with Crippen LogP contribution in [0.2, 0.25) is 0 Å². The van der Waals surface area contributed by atoms with Crippen molar-refractivity contribution < 1.29 is 27.8 Å². The lowest BCUT2D eigenvalue weighted by molar-refractivity contribution is -0.130. The molecule has 11 heteroatoms. The average Bonchev–Trinajstić information content (AvgIpc) is 3.40. The number of halogens is 1. The Kier molecular flexibility index (Phi) is 6.23. The van der Waals surface area contributed by atoms with Crippen molar-refractivity contribution in [3.8, 4) is 22.9 Å². The molecule has 0 spiro atoms. The zero-order chi connectivity index (χ0) is 25.6. The van der Waals surface area contributed by atoms with Crippen LogP contribution in [-0.4, -0.2) is 64.2 Å². The summed E-state index contributed by atoms with van der Waals surface area (Å²) in [6.45, 7) is 0.539. The summed E-state index contributed by atoms with van der Waals surface area (Å²) < 4.78 is 46.1. The summed E-state index contributed by atoms with van der Waals surface area (Å²) >= 11 is 0. The molecular formula is C25H27FN4O5S. The van der Waals surface area contributed by atoms with Gasteiger partial charge in [0.05, 0.1) is 24.3 Å². The molecule has 0 radical (unpaired) electrons. The molecule has 0 saturated carbocycles. The molecule has 0 atom stereocenters. The summed E-state index contributed by atoms with van der Waals surface area (Å²) in [7, 11) is 1.86. The van der Waals surface area contributed by atoms with E-state index in [1.165, 1.54) is 24.1 Å². The van der Waals surface area contributed by atoms with Gasteiger partial charge in [-0.25, -0.2) is 14.4 Å². The summed E-state index contributed by atoms with van der Waals surface area (Å²) in [5.74, 6) is 0.914. The molecule has 2 N–H and O–H groups in total. The van der Waals surface area contributed by atoms with Crippen LogP contribution in [0.25, 0.3) is 11.4 Å². The van der Waals surface area contributed by atoms with Gasteiger partial charge in [0.15, 0.2) is 24.0 Å². The number of rotatable bonds is 6. The highest BCUT2D eigenvalue weighted by atomic mass is 32.3. The Bertz CT molecular complexity index is 1350. The number of hydrogen-bond acceptors (Lipinski definition) is 8. The van der Waals surface area contributed by atoms with Gasteiger partial charge in [0.1, 0.15) is 11.6 Å². The average molecular weight is 515 g/mol. The number of amides is 1. The van der Waals surface area contributed by atoms with Crippen molar-refractivity contribution in [2.24, 2.45) is 0 Å². The lowest BCUT2D eigenvalue weighted by atomic mass is 10.1. The van der Waals surface area contributed by atoms with E-state index in [9.17, 15) is 18.3 Å². The summed E-state index contributed by atoms with van der Waals surface area (Å²) in [5, 5.41) is 0. The molecule has 0 fully saturated rings. The zero-order valence-corrected chi connectivity index (χ0v) is 21.0. The van der Waals surface area contributed by atoms with Gasteiger partial charge in [0.2, 0.25) is 0 Å². The fourth-order valence-electron chi connectivity index (χ4n) is 4.39. The van der Waals surface area contributed by atoms with E-state index in [1.807, 2.05) is 23.1 Å². The summed E-state index contributed by atoms with van der Waals surface area (Å²) in [6, 6.07) is 10.1. The lowest BCUT2D eigenvalue weighted by Crippen LogP contribution is -2.27. The van der Waals surface area contributed by atoms with Gasteiger partial charge in [-0.3, -0.25) is 13.9 Å². The molecule has 9 nitrogen and oxygen atoms in total. The molecule has 2 aliphatic rings. The largest absolute Gasteiger partial charge is 0.494 e. The highest BCUT2D eigenvalue weighted by Crippen LogP contribution is 2.55. The Hall–Kier alpha value is -3.41. The highest BCUT2D eigenvalue weighted by Gasteiger charge is 2.34. The molecular weight excluding hydrogens is 487 g/mol. The van der Waals surface area contributed by atoms with Crippen LogP contribution in [0, 0.1) is 5.82 Å². The van der Waals surface area contributed by atoms with E-state index in [0.29, 0.717) is 40.8 Å². The smallest absolute Gasteiger partial charge is 0.259 e. The number of carbonyl (C=O) groups is 1. The second kappa shape index (κ2) is 9.23. The Morgan fingerprint density at radius 3 is 2.69 bits per heavy atom. The Labute approximate surface area is 209 Å². The number of hydrogen-bond donors (Lipinski definition) is 2. The monoisotopic (exact) mass is 514 g/mol. The first-order valence-electron chi connectivity index (χ1n) is 11.4. The van der Waals surface area contributed by atoms with Gasteiger partial charge in [0, 0.05) is 43.5 Å². The van der Waals surface area contributed by atoms with Crippen LogP contribution in [0.3, 0.4) is 0 Å². The van der Waals surface area contributed by atoms with Crippen molar-refractivity contribution in [2.75, 3.05) is 39.3 Å². The molecule has 0 aliphatic carbocycles. The van der Waals surface area contributed by atoms with Gasteiger partial charge in [0.25, 0.3) is 5.91 Å². The van der Waals surface area contributed by atoms with E-state index in [2.05, 4.69) is 4.98 Å². The molecule has 36 heavy (non-hydrogen) atoms. The molecule has 0 bridgehead atoms. The van der Waals surface area contributed by atoms with Crippen molar-refractivity contribution >= 4 is 28.0 Å². The number of aromatic nitrogens is 2. The van der Waals surface area contributed by atoms with Crippen molar-refractivity contribution in [3.63, 3.8) is 0 Å². The third-order valence-electron chi connectivity index (χ3n) is 6.29. The third-order valence-corrected chi connectivity index (χ3v) is 7.78. The number of carbonyl (C=O) groups excluding carboxylic acids is 1. The SMILES string of the molecule is COc1ccc(-c2nc3c(c(N4CCc5ccc(OCC(=O)N(C)C)cc54)n2)CS(O)(O)C3)cc1F. The molecule has 0 unspecified atom stereocenters. The summed E-state index contributed by atoms with van der Waals surface area (Å²) in [6.07, 6.45) is 0.758. The molecule has 0 saturated heterocycles. The number of fused-ring (bicyclic) bond motifs is 2. The fraction of sp³-hybridized carbons (Fsp3) is 0.320. The predicted molar refractivity (Wildman–Crippen MR) is 136 cm³/mol. The van der Waals surface area contributed by atoms with E-state index >= 15 is 0 Å². The molecule has 3 heterocycles. The van der Waals surface area contributed by atoms with Gasteiger partial charge >= 0.3 is 0 Å². The number of benzene rings is 2. The normalized spacial score (nSPS) is 16.3. The summed E-state index contributed by atoms with van der Waals surface area (Å²) in [5.41, 5.74) is 3.62. The van der Waals surface area contributed by atoms with Gasteiger partial charge in [-0.15, -0.1) is 0 Å². The van der Waals surface area contributed by atoms with Crippen LogP contribution in [0.15, 0.2) is 36.4 Å². The van der Waals surface area contributed by atoms with Gasteiger partial charge in [-0.1, -0.05) is 6.07 Å². The maximum atomic E-state index is 14.4. The standard InChI is InChI=1S/C25H27FN4O5S/c1-29(2)23(31)12-35-17-6-4-15-8-9-30(21(15)11-17)25-18-13-36(32,33)14-20(18)27-24(28-25)16-5-7-22(34-3)19(26)10-16/h4-7,10-11,32-33H,8-9,12-14H2,1-3H3. The third kappa shape index (κ3) is 4.57. The van der Waals surface area contributed by atoms with Crippen molar-refractivity contribution in [1.82, 2.24) is 14.9 Å². The topological polar surface area (TPSA) is 108 Å². The first kappa shape index (κ1) is 24.3. The minimum absolute atomic E-state index is 0.0278. The number of nitrogens with zero attached hydrogens (tertiary/aromatic N) is 4. The van der Waals surface area contributed by atoms with Crippen LogP contribution < -0.4 is 14.4 Å². The van der Waals surface area contributed by atoms with E-state index in [-0.39, 0.29) is 29.8 Å². The van der Waals surface area contributed by atoms with E-state index in [0.717, 1.165) is 17.7 Å². The first-order chi connectivity index (χ1) is 17.1. The minimum atomic E-state index is -2.88. The Morgan fingerprint density at radius 2 is 1.97 bits per heavy atom. The second-order valence-electron chi connectivity index (χ2n) is 9.01. The quantitative estimate of drug-likeness (QED) is 0.504. The first-order valence-corrected chi connectivity index (χ1v) is 13.2.